The molecule has 0 spiro atoms. The summed E-state index contributed by atoms with van der Waals surface area (Å²) in [6.45, 7) is 4.49. The van der Waals surface area contributed by atoms with Gasteiger partial charge in [0.15, 0.2) is 0 Å². The van der Waals surface area contributed by atoms with Gasteiger partial charge in [0.25, 0.3) is 0 Å². The second-order valence-corrected chi connectivity index (χ2v) is 8.02. The molecule has 0 aliphatic carbocycles. The molecule has 6 rings (SSSR count). The summed E-state index contributed by atoms with van der Waals surface area (Å²) >= 11 is 0. The Hall–Kier alpha value is -3.52. The Kier molecular flexibility index (Phi) is 3.39. The minimum Gasteiger partial charge on any atom is -0.456 e. The van der Waals surface area contributed by atoms with Crippen molar-refractivity contribution in [3.05, 3.63) is 84.9 Å². The van der Waals surface area contributed by atoms with Crippen LogP contribution >= 0.6 is 0 Å². The minimum atomic E-state index is 0.412. The normalized spacial score (nSPS) is 12.1. The Morgan fingerprint density at radius 1 is 0.586 bits per heavy atom. The summed E-state index contributed by atoms with van der Waals surface area (Å²) in [6, 6.07) is 30.7. The Morgan fingerprint density at radius 3 is 2.10 bits per heavy atom. The van der Waals surface area contributed by atoms with Crippen LogP contribution in [0.2, 0.25) is 0 Å². The third-order valence-electron chi connectivity index (χ3n) is 5.94. The number of aromatic nitrogens is 1. The van der Waals surface area contributed by atoms with Crippen LogP contribution in [0.1, 0.15) is 19.9 Å². The molecule has 0 aliphatic rings. The molecule has 6 aromatic rings. The molecule has 2 heterocycles. The molecule has 0 N–H and O–H groups in total. The molecule has 0 fully saturated rings. The Balaban J connectivity index is 1.59. The number of hydrogen-bond acceptors (Lipinski definition) is 1. The van der Waals surface area contributed by atoms with Gasteiger partial charge in [0, 0.05) is 38.6 Å². The van der Waals surface area contributed by atoms with E-state index in [2.05, 4.69) is 91.2 Å². The second kappa shape index (κ2) is 5.99. The van der Waals surface area contributed by atoms with Crippen LogP contribution in [-0.4, -0.2) is 4.57 Å². The summed E-state index contributed by atoms with van der Waals surface area (Å²) in [5, 5.41) is 4.95. The standard InChI is InChI=1S/C27H21NO/c1-17(2)28-24-9-5-3-7-20(24)23-15-18(12-14-25(23)28)19-11-13-22-21-8-4-6-10-26(21)29-27(22)16-19/h3-17H,1-2H3. The van der Waals surface area contributed by atoms with Crippen LogP contribution < -0.4 is 0 Å². The molecular weight excluding hydrogens is 354 g/mol. The summed E-state index contributed by atoms with van der Waals surface area (Å²) in [7, 11) is 0. The summed E-state index contributed by atoms with van der Waals surface area (Å²) < 4.78 is 8.53. The number of rotatable bonds is 2. The topological polar surface area (TPSA) is 18.1 Å². The molecular formula is C27H21NO. The predicted molar refractivity (Wildman–Crippen MR) is 123 cm³/mol. The lowest BCUT2D eigenvalue weighted by atomic mass is 10.0. The van der Waals surface area contributed by atoms with Crippen molar-refractivity contribution in [3.8, 4) is 11.1 Å². The molecule has 0 unspecified atom stereocenters. The van der Waals surface area contributed by atoms with Crippen molar-refractivity contribution >= 4 is 43.7 Å². The van der Waals surface area contributed by atoms with Crippen molar-refractivity contribution in [1.29, 1.82) is 0 Å². The zero-order chi connectivity index (χ0) is 19.5. The maximum Gasteiger partial charge on any atom is 0.136 e. The third kappa shape index (κ3) is 2.35. The quantitative estimate of drug-likeness (QED) is 0.300. The first-order valence-electron chi connectivity index (χ1n) is 10.1. The first-order valence-corrected chi connectivity index (χ1v) is 10.1. The van der Waals surface area contributed by atoms with Gasteiger partial charge in [0.2, 0.25) is 0 Å². The number of fused-ring (bicyclic) bond motifs is 6. The largest absolute Gasteiger partial charge is 0.456 e. The second-order valence-electron chi connectivity index (χ2n) is 8.02. The lowest BCUT2D eigenvalue weighted by molar-refractivity contribution is 0.642. The van der Waals surface area contributed by atoms with Crippen LogP contribution in [0.15, 0.2) is 89.3 Å². The van der Waals surface area contributed by atoms with E-state index < -0.39 is 0 Å². The Bertz CT molecular complexity index is 1530. The van der Waals surface area contributed by atoms with Gasteiger partial charge >= 0.3 is 0 Å². The Morgan fingerprint density at radius 2 is 1.24 bits per heavy atom. The van der Waals surface area contributed by atoms with E-state index in [0.29, 0.717) is 6.04 Å². The zero-order valence-corrected chi connectivity index (χ0v) is 16.5. The minimum absolute atomic E-state index is 0.412. The molecule has 0 aliphatic heterocycles. The molecule has 2 aromatic heterocycles. The average Bonchev–Trinajstić information content (AvgIpc) is 3.28. The molecule has 4 aromatic carbocycles. The van der Waals surface area contributed by atoms with Crippen molar-refractivity contribution in [2.45, 2.75) is 19.9 Å². The molecule has 0 atom stereocenters. The highest BCUT2D eigenvalue weighted by atomic mass is 16.3. The number of hydrogen-bond donors (Lipinski definition) is 0. The highest BCUT2D eigenvalue weighted by Crippen LogP contribution is 2.36. The van der Waals surface area contributed by atoms with Crippen molar-refractivity contribution in [2.75, 3.05) is 0 Å². The summed E-state index contributed by atoms with van der Waals surface area (Å²) in [5.41, 5.74) is 6.85. The van der Waals surface area contributed by atoms with Crippen LogP contribution in [-0.2, 0) is 0 Å². The molecule has 2 heteroatoms. The van der Waals surface area contributed by atoms with Gasteiger partial charge in [-0.2, -0.15) is 0 Å². The summed E-state index contributed by atoms with van der Waals surface area (Å²) in [6.07, 6.45) is 0. The Labute approximate surface area is 169 Å². The van der Waals surface area contributed by atoms with Crippen molar-refractivity contribution < 1.29 is 4.42 Å². The predicted octanol–water partition coefficient (Wildman–Crippen LogP) is 7.94. The molecule has 0 saturated heterocycles. The highest BCUT2D eigenvalue weighted by molar-refractivity contribution is 6.10. The van der Waals surface area contributed by atoms with Gasteiger partial charge in [-0.25, -0.2) is 0 Å². The summed E-state index contributed by atoms with van der Waals surface area (Å²) in [5.74, 6) is 0. The van der Waals surface area contributed by atoms with Crippen molar-refractivity contribution in [3.63, 3.8) is 0 Å². The maximum atomic E-state index is 6.10. The molecule has 0 saturated carbocycles. The first kappa shape index (κ1) is 16.4. The SMILES string of the molecule is CC(C)n1c2ccccc2c2cc(-c3ccc4c(c3)oc3ccccc34)ccc21. The van der Waals surface area contributed by atoms with E-state index in [-0.39, 0.29) is 0 Å². The van der Waals surface area contributed by atoms with Crippen molar-refractivity contribution in [2.24, 2.45) is 0 Å². The smallest absolute Gasteiger partial charge is 0.136 e. The highest BCUT2D eigenvalue weighted by Gasteiger charge is 2.14. The van der Waals surface area contributed by atoms with Crippen LogP contribution in [0.3, 0.4) is 0 Å². The first-order chi connectivity index (χ1) is 14.2. The van der Waals surface area contributed by atoms with Gasteiger partial charge in [-0.05, 0) is 61.4 Å². The van der Waals surface area contributed by atoms with Crippen LogP contribution in [0.25, 0.3) is 54.9 Å². The molecule has 0 amide bonds. The van der Waals surface area contributed by atoms with E-state index in [0.717, 1.165) is 11.2 Å². The molecule has 2 nitrogen and oxygen atoms in total. The maximum absolute atomic E-state index is 6.10. The van der Waals surface area contributed by atoms with Gasteiger partial charge in [0.05, 0.1) is 0 Å². The number of benzene rings is 4. The average molecular weight is 375 g/mol. The summed E-state index contributed by atoms with van der Waals surface area (Å²) in [4.78, 5) is 0. The van der Waals surface area contributed by atoms with Gasteiger partial charge < -0.3 is 8.98 Å². The molecule has 140 valence electrons. The lowest BCUT2D eigenvalue weighted by Gasteiger charge is -2.11. The van der Waals surface area contributed by atoms with Gasteiger partial charge in [0.1, 0.15) is 11.2 Å². The van der Waals surface area contributed by atoms with E-state index in [9.17, 15) is 0 Å². The molecule has 0 radical (unpaired) electrons. The third-order valence-corrected chi connectivity index (χ3v) is 5.94. The fraction of sp³-hybridized carbons (Fsp3) is 0.111. The number of furan rings is 1. The monoisotopic (exact) mass is 375 g/mol. The molecule has 0 bridgehead atoms. The van der Waals surface area contributed by atoms with E-state index >= 15 is 0 Å². The van der Waals surface area contributed by atoms with Crippen molar-refractivity contribution in [1.82, 2.24) is 4.57 Å². The fourth-order valence-electron chi connectivity index (χ4n) is 4.64. The van der Waals surface area contributed by atoms with E-state index in [4.69, 9.17) is 4.42 Å². The van der Waals surface area contributed by atoms with Crippen LogP contribution in [0.4, 0.5) is 0 Å². The van der Waals surface area contributed by atoms with E-state index in [1.54, 1.807) is 0 Å². The van der Waals surface area contributed by atoms with E-state index in [1.165, 1.54) is 43.7 Å². The van der Waals surface area contributed by atoms with Gasteiger partial charge in [-0.3, -0.25) is 0 Å². The number of nitrogens with zero attached hydrogens (tertiary/aromatic N) is 1. The van der Waals surface area contributed by atoms with Crippen LogP contribution in [0.5, 0.6) is 0 Å². The van der Waals surface area contributed by atoms with Crippen LogP contribution in [0, 0.1) is 0 Å². The zero-order valence-electron chi connectivity index (χ0n) is 16.5. The van der Waals surface area contributed by atoms with Gasteiger partial charge in [-0.15, -0.1) is 0 Å². The van der Waals surface area contributed by atoms with Gasteiger partial charge in [-0.1, -0.05) is 48.5 Å². The van der Waals surface area contributed by atoms with E-state index in [1.807, 2.05) is 12.1 Å². The number of para-hydroxylation sites is 2. The lowest BCUT2D eigenvalue weighted by Crippen LogP contribution is -1.99. The molecule has 29 heavy (non-hydrogen) atoms. The fourth-order valence-corrected chi connectivity index (χ4v) is 4.64.